The number of hydrogen-bond acceptors (Lipinski definition) is 4. The summed E-state index contributed by atoms with van der Waals surface area (Å²) in [5, 5.41) is 0. The van der Waals surface area contributed by atoms with Gasteiger partial charge in [0, 0.05) is 25.7 Å². The molecule has 0 bridgehead atoms. The fourth-order valence-electron chi connectivity index (χ4n) is 2.82. The molecule has 0 spiro atoms. The largest absolute Gasteiger partial charge is 0.298 e. The third kappa shape index (κ3) is 2.36. The quantitative estimate of drug-likeness (QED) is 0.380. The van der Waals surface area contributed by atoms with Gasteiger partial charge in [-0.05, 0) is 26.3 Å². The van der Waals surface area contributed by atoms with Crippen LogP contribution >= 0.6 is 0 Å². The molecule has 2 atom stereocenters. The summed E-state index contributed by atoms with van der Waals surface area (Å²) in [4.78, 5) is 16.3. The van der Waals surface area contributed by atoms with Crippen LogP contribution in [-0.2, 0) is 4.79 Å². The fourth-order valence-corrected chi connectivity index (χ4v) is 2.82. The van der Waals surface area contributed by atoms with Gasteiger partial charge in [0.05, 0.1) is 6.04 Å². The van der Waals surface area contributed by atoms with Crippen molar-refractivity contribution < 1.29 is 4.79 Å². The number of carbonyl (C=O) groups excluding carboxylic acids is 1. The molecule has 2 rings (SSSR count). The third-order valence-corrected chi connectivity index (χ3v) is 3.94. The number of rotatable bonds is 2. The molecule has 2 heterocycles. The van der Waals surface area contributed by atoms with Crippen LogP contribution < -0.4 is 11.3 Å². The van der Waals surface area contributed by atoms with E-state index in [0.29, 0.717) is 6.04 Å². The summed E-state index contributed by atoms with van der Waals surface area (Å²) in [6.07, 6.45) is 3.93. The highest BCUT2D eigenvalue weighted by Crippen LogP contribution is 2.22. The zero-order valence-electron chi connectivity index (χ0n) is 9.98. The zero-order valence-corrected chi connectivity index (χ0v) is 9.98. The molecular formula is C11H22N4O. The predicted octanol–water partition coefficient (Wildman–Crippen LogP) is -0.465. The molecule has 1 amide bonds. The van der Waals surface area contributed by atoms with Crippen molar-refractivity contribution in [2.24, 2.45) is 5.84 Å². The van der Waals surface area contributed by atoms with Crippen molar-refractivity contribution in [3.05, 3.63) is 0 Å². The summed E-state index contributed by atoms with van der Waals surface area (Å²) in [7, 11) is 0. The van der Waals surface area contributed by atoms with Gasteiger partial charge in [0.1, 0.15) is 0 Å². The Morgan fingerprint density at radius 3 is 2.94 bits per heavy atom. The Morgan fingerprint density at radius 2 is 2.19 bits per heavy atom. The van der Waals surface area contributed by atoms with Crippen molar-refractivity contribution in [1.82, 2.24) is 15.2 Å². The van der Waals surface area contributed by atoms with E-state index in [9.17, 15) is 4.79 Å². The van der Waals surface area contributed by atoms with E-state index in [4.69, 9.17) is 5.84 Å². The van der Waals surface area contributed by atoms with E-state index in [-0.39, 0.29) is 11.9 Å². The Kier molecular flexibility index (Phi) is 3.78. The standard InChI is InChI=1S/C11H22N4O/c1-9(11(16)13-12)15-7-6-14-5-3-2-4-10(14)8-15/h9-10H,2-8,12H2,1H3,(H,13,16). The smallest absolute Gasteiger partial charge is 0.250 e. The van der Waals surface area contributed by atoms with Crippen molar-refractivity contribution in [2.45, 2.75) is 38.3 Å². The number of piperazine rings is 1. The normalized spacial score (nSPS) is 29.5. The van der Waals surface area contributed by atoms with Gasteiger partial charge in [-0.15, -0.1) is 0 Å². The second-order valence-electron chi connectivity index (χ2n) is 4.87. The number of fused-ring (bicyclic) bond motifs is 1. The molecule has 0 saturated carbocycles. The summed E-state index contributed by atoms with van der Waals surface area (Å²) in [6, 6.07) is 0.546. The van der Waals surface area contributed by atoms with Crippen molar-refractivity contribution >= 4 is 5.91 Å². The lowest BCUT2D eigenvalue weighted by atomic mass is 9.98. The van der Waals surface area contributed by atoms with E-state index in [1.807, 2.05) is 6.92 Å². The van der Waals surface area contributed by atoms with Gasteiger partial charge < -0.3 is 0 Å². The second kappa shape index (κ2) is 5.12. The van der Waals surface area contributed by atoms with E-state index in [0.717, 1.165) is 19.6 Å². The zero-order chi connectivity index (χ0) is 11.5. The Hall–Kier alpha value is -0.650. The number of nitrogens with two attached hydrogens (primary N) is 1. The van der Waals surface area contributed by atoms with Crippen molar-refractivity contribution in [3.8, 4) is 0 Å². The molecule has 2 fully saturated rings. The number of hydrazine groups is 1. The molecular weight excluding hydrogens is 204 g/mol. The number of amides is 1. The van der Waals surface area contributed by atoms with Crippen molar-refractivity contribution in [1.29, 1.82) is 0 Å². The van der Waals surface area contributed by atoms with Gasteiger partial charge in [-0.25, -0.2) is 5.84 Å². The minimum atomic E-state index is -0.103. The maximum Gasteiger partial charge on any atom is 0.250 e. The van der Waals surface area contributed by atoms with E-state index < -0.39 is 0 Å². The highest BCUT2D eigenvalue weighted by molar-refractivity contribution is 5.80. The summed E-state index contributed by atoms with van der Waals surface area (Å²) in [5.41, 5.74) is 2.24. The van der Waals surface area contributed by atoms with E-state index >= 15 is 0 Å². The average molecular weight is 226 g/mol. The van der Waals surface area contributed by atoms with Gasteiger partial charge in [0.25, 0.3) is 5.91 Å². The van der Waals surface area contributed by atoms with Gasteiger partial charge in [-0.3, -0.25) is 20.0 Å². The first-order valence-electron chi connectivity index (χ1n) is 6.21. The minimum Gasteiger partial charge on any atom is -0.298 e. The Balaban J connectivity index is 1.91. The number of hydrogen-bond donors (Lipinski definition) is 2. The first-order chi connectivity index (χ1) is 7.72. The molecule has 0 radical (unpaired) electrons. The lowest BCUT2D eigenvalue weighted by molar-refractivity contribution is -0.127. The molecule has 0 aliphatic carbocycles. The van der Waals surface area contributed by atoms with Gasteiger partial charge >= 0.3 is 0 Å². The maximum absolute atomic E-state index is 11.5. The van der Waals surface area contributed by atoms with Gasteiger partial charge in [-0.1, -0.05) is 6.42 Å². The molecule has 2 unspecified atom stereocenters. The fraction of sp³-hybridized carbons (Fsp3) is 0.909. The van der Waals surface area contributed by atoms with Gasteiger partial charge in [0.15, 0.2) is 0 Å². The maximum atomic E-state index is 11.5. The summed E-state index contributed by atoms with van der Waals surface area (Å²) < 4.78 is 0. The van der Waals surface area contributed by atoms with E-state index in [1.54, 1.807) is 0 Å². The molecule has 2 aliphatic rings. The molecule has 2 saturated heterocycles. The highest BCUT2D eigenvalue weighted by Gasteiger charge is 2.32. The Labute approximate surface area is 96.9 Å². The molecule has 3 N–H and O–H groups in total. The molecule has 92 valence electrons. The monoisotopic (exact) mass is 226 g/mol. The van der Waals surface area contributed by atoms with Crippen molar-refractivity contribution in [3.63, 3.8) is 0 Å². The van der Waals surface area contributed by atoms with Crippen LogP contribution in [0.25, 0.3) is 0 Å². The number of nitrogens with zero attached hydrogens (tertiary/aromatic N) is 2. The van der Waals surface area contributed by atoms with Gasteiger partial charge in [-0.2, -0.15) is 0 Å². The SMILES string of the molecule is CC(C(=O)NN)N1CCN2CCCCC2C1. The third-order valence-electron chi connectivity index (χ3n) is 3.94. The molecule has 16 heavy (non-hydrogen) atoms. The van der Waals surface area contributed by atoms with Crippen molar-refractivity contribution in [2.75, 3.05) is 26.2 Å². The summed E-state index contributed by atoms with van der Waals surface area (Å²) in [5.74, 6) is 5.10. The lowest BCUT2D eigenvalue weighted by Crippen LogP contribution is -2.59. The van der Waals surface area contributed by atoms with Crippen LogP contribution in [0.2, 0.25) is 0 Å². The molecule has 0 aromatic heterocycles. The van der Waals surface area contributed by atoms with Crippen LogP contribution in [0.4, 0.5) is 0 Å². The molecule has 5 heteroatoms. The van der Waals surface area contributed by atoms with Crippen LogP contribution in [0.15, 0.2) is 0 Å². The number of piperidine rings is 1. The van der Waals surface area contributed by atoms with Crippen LogP contribution in [0.5, 0.6) is 0 Å². The van der Waals surface area contributed by atoms with E-state index in [1.165, 1.54) is 25.8 Å². The number of nitrogens with one attached hydrogen (secondary N) is 1. The Morgan fingerprint density at radius 1 is 1.38 bits per heavy atom. The molecule has 0 aromatic rings. The first kappa shape index (κ1) is 11.8. The van der Waals surface area contributed by atoms with Crippen LogP contribution in [-0.4, -0.2) is 54.0 Å². The minimum absolute atomic E-state index is 0.0794. The van der Waals surface area contributed by atoms with Crippen LogP contribution in [0.1, 0.15) is 26.2 Å². The molecule has 0 aromatic carbocycles. The average Bonchev–Trinajstić information content (AvgIpc) is 2.36. The second-order valence-corrected chi connectivity index (χ2v) is 4.87. The van der Waals surface area contributed by atoms with Gasteiger partial charge in [0.2, 0.25) is 0 Å². The predicted molar refractivity (Wildman–Crippen MR) is 62.6 cm³/mol. The Bertz CT molecular complexity index is 258. The summed E-state index contributed by atoms with van der Waals surface area (Å²) in [6.45, 7) is 6.24. The first-order valence-corrected chi connectivity index (χ1v) is 6.21. The van der Waals surface area contributed by atoms with E-state index in [2.05, 4.69) is 15.2 Å². The van der Waals surface area contributed by atoms with Crippen LogP contribution in [0, 0.1) is 0 Å². The molecule has 2 aliphatic heterocycles. The number of carbonyl (C=O) groups is 1. The highest BCUT2D eigenvalue weighted by atomic mass is 16.2. The topological polar surface area (TPSA) is 61.6 Å². The summed E-state index contributed by atoms with van der Waals surface area (Å²) >= 11 is 0. The molecule has 5 nitrogen and oxygen atoms in total. The lowest BCUT2D eigenvalue weighted by Gasteiger charge is -2.45. The van der Waals surface area contributed by atoms with Crippen LogP contribution in [0.3, 0.4) is 0 Å².